The van der Waals surface area contributed by atoms with E-state index in [1.807, 2.05) is 18.2 Å². The van der Waals surface area contributed by atoms with E-state index in [9.17, 15) is 14.7 Å². The van der Waals surface area contributed by atoms with Crippen molar-refractivity contribution in [3.8, 4) is 5.75 Å². The molecule has 2 fully saturated rings. The van der Waals surface area contributed by atoms with Crippen molar-refractivity contribution in [2.75, 3.05) is 13.7 Å². The normalized spacial score (nSPS) is 24.8. The van der Waals surface area contributed by atoms with E-state index in [2.05, 4.69) is 11.4 Å². The second-order valence-corrected chi connectivity index (χ2v) is 7.45. The summed E-state index contributed by atoms with van der Waals surface area (Å²) in [7, 11) is 1.68. The van der Waals surface area contributed by atoms with Gasteiger partial charge in [-0.1, -0.05) is 31.0 Å². The number of para-hydroxylation sites is 1. The van der Waals surface area contributed by atoms with Crippen LogP contribution < -0.4 is 10.1 Å². The van der Waals surface area contributed by atoms with Crippen LogP contribution in [0.25, 0.3) is 0 Å². The van der Waals surface area contributed by atoms with Gasteiger partial charge in [0.25, 0.3) is 0 Å². The maximum atomic E-state index is 12.6. The highest BCUT2D eigenvalue weighted by molar-refractivity contribution is 5.80. The van der Waals surface area contributed by atoms with Gasteiger partial charge in [0.15, 0.2) is 0 Å². The number of carboxylic acids is 1. The molecule has 0 heterocycles. The first-order chi connectivity index (χ1) is 12.1. The van der Waals surface area contributed by atoms with Gasteiger partial charge in [0, 0.05) is 23.4 Å². The monoisotopic (exact) mass is 345 g/mol. The zero-order valence-corrected chi connectivity index (χ0v) is 14.8. The fourth-order valence-corrected chi connectivity index (χ4v) is 4.28. The fraction of sp³-hybridized carbons (Fsp3) is 0.600. The van der Waals surface area contributed by atoms with Crippen LogP contribution in [-0.4, -0.2) is 30.6 Å². The Morgan fingerprint density at radius 3 is 2.56 bits per heavy atom. The standard InChI is InChI=1S/C20H27NO4/c1-25-17-9-3-2-8-16(17)20(10-5-11-20)13-21-18(22)14-6-4-7-15(12-14)19(23)24/h2-3,8-9,14-15H,4-7,10-13H2,1H3,(H,21,22)(H,23,24). The zero-order valence-electron chi connectivity index (χ0n) is 14.8. The van der Waals surface area contributed by atoms with Crippen LogP contribution in [0.15, 0.2) is 24.3 Å². The molecule has 0 radical (unpaired) electrons. The third kappa shape index (κ3) is 3.65. The maximum absolute atomic E-state index is 12.6. The molecule has 0 aliphatic heterocycles. The molecule has 1 aromatic rings. The Kier molecular flexibility index (Phi) is 5.30. The molecule has 1 amide bonds. The van der Waals surface area contributed by atoms with Gasteiger partial charge in [0.1, 0.15) is 5.75 Å². The van der Waals surface area contributed by atoms with E-state index in [4.69, 9.17) is 4.74 Å². The lowest BCUT2D eigenvalue weighted by molar-refractivity contribution is -0.144. The molecule has 5 heteroatoms. The Hall–Kier alpha value is -2.04. The largest absolute Gasteiger partial charge is 0.496 e. The maximum Gasteiger partial charge on any atom is 0.306 e. The van der Waals surface area contributed by atoms with E-state index in [0.717, 1.165) is 43.4 Å². The number of amides is 1. The second-order valence-electron chi connectivity index (χ2n) is 7.45. The Bertz CT molecular complexity index is 638. The number of carbonyl (C=O) groups is 2. The van der Waals surface area contributed by atoms with Crippen LogP contribution in [0.1, 0.15) is 50.5 Å². The Labute approximate surface area is 148 Å². The van der Waals surface area contributed by atoms with Crippen molar-refractivity contribution in [3.05, 3.63) is 29.8 Å². The minimum atomic E-state index is -0.776. The van der Waals surface area contributed by atoms with Crippen molar-refractivity contribution >= 4 is 11.9 Å². The van der Waals surface area contributed by atoms with E-state index in [0.29, 0.717) is 19.4 Å². The number of ether oxygens (including phenoxy) is 1. The number of nitrogens with one attached hydrogen (secondary N) is 1. The summed E-state index contributed by atoms with van der Waals surface area (Å²) in [6, 6.07) is 8.03. The van der Waals surface area contributed by atoms with E-state index >= 15 is 0 Å². The number of hydrogen-bond donors (Lipinski definition) is 2. The van der Waals surface area contributed by atoms with Crippen LogP contribution in [0.2, 0.25) is 0 Å². The minimum absolute atomic E-state index is 0.00660. The molecule has 2 saturated carbocycles. The number of rotatable bonds is 6. The molecule has 2 N–H and O–H groups in total. The van der Waals surface area contributed by atoms with Crippen molar-refractivity contribution in [2.45, 2.75) is 50.4 Å². The molecule has 25 heavy (non-hydrogen) atoms. The van der Waals surface area contributed by atoms with Gasteiger partial charge in [0.2, 0.25) is 5.91 Å². The van der Waals surface area contributed by atoms with Crippen LogP contribution in [0.5, 0.6) is 5.75 Å². The van der Waals surface area contributed by atoms with Crippen molar-refractivity contribution in [3.63, 3.8) is 0 Å². The molecule has 2 aliphatic rings. The van der Waals surface area contributed by atoms with Gasteiger partial charge in [-0.25, -0.2) is 0 Å². The van der Waals surface area contributed by atoms with Gasteiger partial charge < -0.3 is 15.2 Å². The first-order valence-electron chi connectivity index (χ1n) is 9.20. The molecule has 5 nitrogen and oxygen atoms in total. The van der Waals surface area contributed by atoms with Crippen LogP contribution in [-0.2, 0) is 15.0 Å². The predicted octanol–water partition coefficient (Wildman–Crippen LogP) is 3.12. The topological polar surface area (TPSA) is 75.6 Å². The Balaban J connectivity index is 1.65. The number of carbonyl (C=O) groups excluding carboxylic acids is 1. The highest BCUT2D eigenvalue weighted by Crippen LogP contribution is 2.46. The number of carboxylic acid groups (broad SMARTS) is 1. The molecule has 2 unspecified atom stereocenters. The highest BCUT2D eigenvalue weighted by Gasteiger charge is 2.41. The van der Waals surface area contributed by atoms with E-state index < -0.39 is 5.97 Å². The molecule has 3 rings (SSSR count). The highest BCUT2D eigenvalue weighted by atomic mass is 16.5. The second kappa shape index (κ2) is 7.46. The lowest BCUT2D eigenvalue weighted by Gasteiger charge is -2.43. The third-order valence-corrected chi connectivity index (χ3v) is 5.98. The molecule has 2 aliphatic carbocycles. The van der Waals surface area contributed by atoms with Gasteiger partial charge in [-0.3, -0.25) is 9.59 Å². The quantitative estimate of drug-likeness (QED) is 0.830. The van der Waals surface area contributed by atoms with Crippen molar-refractivity contribution in [2.24, 2.45) is 11.8 Å². The molecule has 136 valence electrons. The summed E-state index contributed by atoms with van der Waals surface area (Å²) in [6.45, 7) is 0.598. The van der Waals surface area contributed by atoms with Crippen molar-refractivity contribution < 1.29 is 19.4 Å². The van der Waals surface area contributed by atoms with Gasteiger partial charge in [-0.2, -0.15) is 0 Å². The first-order valence-corrected chi connectivity index (χ1v) is 9.20. The van der Waals surface area contributed by atoms with Gasteiger partial charge in [-0.05, 0) is 38.2 Å². The van der Waals surface area contributed by atoms with Crippen LogP contribution >= 0.6 is 0 Å². The molecule has 0 saturated heterocycles. The summed E-state index contributed by atoms with van der Waals surface area (Å²) >= 11 is 0. The summed E-state index contributed by atoms with van der Waals surface area (Å²) in [4.78, 5) is 23.8. The first kappa shape index (κ1) is 17.8. The summed E-state index contributed by atoms with van der Waals surface area (Å²) in [6.07, 6.45) is 5.97. The van der Waals surface area contributed by atoms with Crippen LogP contribution in [0, 0.1) is 11.8 Å². The SMILES string of the molecule is COc1ccccc1C1(CNC(=O)C2CCCC(C(=O)O)C2)CCC1. The molecular weight excluding hydrogens is 318 g/mol. The number of benzene rings is 1. The minimum Gasteiger partial charge on any atom is -0.496 e. The molecule has 0 spiro atoms. The Morgan fingerprint density at radius 1 is 1.20 bits per heavy atom. The molecular formula is C20H27NO4. The molecule has 0 bridgehead atoms. The van der Waals surface area contributed by atoms with E-state index in [-0.39, 0.29) is 23.2 Å². The fourth-order valence-electron chi connectivity index (χ4n) is 4.28. The van der Waals surface area contributed by atoms with E-state index in [1.54, 1.807) is 7.11 Å². The third-order valence-electron chi connectivity index (χ3n) is 5.98. The van der Waals surface area contributed by atoms with Crippen LogP contribution in [0.3, 0.4) is 0 Å². The average Bonchev–Trinajstić information content (AvgIpc) is 2.61. The summed E-state index contributed by atoms with van der Waals surface area (Å²) in [5, 5.41) is 12.3. The smallest absolute Gasteiger partial charge is 0.306 e. The lowest BCUT2D eigenvalue weighted by Crippen LogP contribution is -2.47. The van der Waals surface area contributed by atoms with Crippen molar-refractivity contribution in [1.82, 2.24) is 5.32 Å². The summed E-state index contributed by atoms with van der Waals surface area (Å²) in [5.74, 6) is -0.449. The van der Waals surface area contributed by atoms with Crippen molar-refractivity contribution in [1.29, 1.82) is 0 Å². The molecule has 0 aromatic heterocycles. The number of aliphatic carboxylic acids is 1. The summed E-state index contributed by atoms with van der Waals surface area (Å²) in [5.41, 5.74) is 1.11. The average molecular weight is 345 g/mol. The number of methoxy groups -OCH3 is 1. The Morgan fingerprint density at radius 2 is 1.92 bits per heavy atom. The summed E-state index contributed by atoms with van der Waals surface area (Å²) < 4.78 is 5.51. The lowest BCUT2D eigenvalue weighted by atomic mass is 9.64. The zero-order chi connectivity index (χ0) is 17.9. The predicted molar refractivity (Wildman–Crippen MR) is 94.6 cm³/mol. The molecule has 1 aromatic carbocycles. The van der Waals surface area contributed by atoms with Crippen LogP contribution in [0.4, 0.5) is 0 Å². The molecule has 2 atom stereocenters. The van der Waals surface area contributed by atoms with Gasteiger partial charge >= 0.3 is 5.97 Å². The number of hydrogen-bond acceptors (Lipinski definition) is 3. The van der Waals surface area contributed by atoms with Gasteiger partial charge in [0.05, 0.1) is 13.0 Å². The van der Waals surface area contributed by atoms with Gasteiger partial charge in [-0.15, -0.1) is 0 Å². The van der Waals surface area contributed by atoms with E-state index in [1.165, 1.54) is 0 Å².